The van der Waals surface area contributed by atoms with Crippen LogP contribution in [0.4, 0.5) is 10.1 Å². The van der Waals surface area contributed by atoms with Gasteiger partial charge in [0.05, 0.1) is 33.6 Å². The smallest absolute Gasteiger partial charge is 0.237 e. The molecule has 0 spiro atoms. The number of halogens is 3. The zero-order chi connectivity index (χ0) is 24.0. The van der Waals surface area contributed by atoms with Crippen LogP contribution in [0, 0.1) is 5.82 Å². The molecule has 2 unspecified atom stereocenters. The normalized spacial score (nSPS) is 12.9. The number of ether oxygens (including phenoxy) is 2. The number of thioether (sulfide) groups is 1. The quantitative estimate of drug-likeness (QED) is 0.354. The Morgan fingerprint density at radius 2 is 1.94 bits per heavy atom. The summed E-state index contributed by atoms with van der Waals surface area (Å²) in [5.74, 6) is -0.141. The average Bonchev–Trinajstić information content (AvgIpc) is 3.18. The maximum absolute atomic E-state index is 13.9. The fourth-order valence-electron chi connectivity index (χ4n) is 3.00. The van der Waals surface area contributed by atoms with Crippen molar-refractivity contribution in [2.24, 2.45) is 0 Å². The minimum Gasteiger partial charge on any atom is -0.483 e. The van der Waals surface area contributed by atoms with E-state index in [4.69, 9.17) is 32.7 Å². The van der Waals surface area contributed by atoms with Gasteiger partial charge >= 0.3 is 0 Å². The van der Waals surface area contributed by atoms with Crippen molar-refractivity contribution in [1.82, 2.24) is 14.8 Å². The Balaban J connectivity index is 1.76. The number of amides is 1. The van der Waals surface area contributed by atoms with Gasteiger partial charge in [0.2, 0.25) is 5.91 Å². The minimum absolute atomic E-state index is 0.00124. The van der Waals surface area contributed by atoms with E-state index in [-0.39, 0.29) is 29.3 Å². The molecule has 0 bridgehead atoms. The van der Waals surface area contributed by atoms with Gasteiger partial charge in [0, 0.05) is 7.11 Å². The lowest BCUT2D eigenvalue weighted by atomic mass is 10.3. The zero-order valence-corrected chi connectivity index (χ0v) is 20.5. The summed E-state index contributed by atoms with van der Waals surface area (Å²) >= 11 is 13.4. The summed E-state index contributed by atoms with van der Waals surface area (Å²) in [5.41, 5.74) is 0.426. The molecule has 0 fully saturated rings. The Hall–Kier alpha value is -2.33. The Kier molecular flexibility index (Phi) is 8.96. The van der Waals surface area contributed by atoms with Crippen LogP contribution in [0.25, 0.3) is 0 Å². The van der Waals surface area contributed by atoms with E-state index in [2.05, 4.69) is 15.5 Å². The number of hydrogen-bond acceptors (Lipinski definition) is 6. The van der Waals surface area contributed by atoms with Crippen molar-refractivity contribution in [2.45, 2.75) is 36.9 Å². The third kappa shape index (κ3) is 6.38. The summed E-state index contributed by atoms with van der Waals surface area (Å²) in [5, 5.41) is 11.8. The molecule has 3 rings (SSSR count). The van der Waals surface area contributed by atoms with E-state index in [1.807, 2.05) is 11.5 Å². The predicted molar refractivity (Wildman–Crippen MR) is 128 cm³/mol. The molecule has 1 aromatic heterocycles. The maximum atomic E-state index is 13.9. The molecule has 11 heteroatoms. The highest BCUT2D eigenvalue weighted by Crippen LogP contribution is 2.31. The molecule has 176 valence electrons. The molecule has 2 aromatic carbocycles. The molecule has 7 nitrogen and oxygen atoms in total. The van der Waals surface area contributed by atoms with E-state index in [1.54, 1.807) is 44.4 Å². The summed E-state index contributed by atoms with van der Waals surface area (Å²) < 4.78 is 26.6. The molecular formula is C22H23Cl2FN4O3S. The SMILES string of the molecule is COCC(C)n1c(COc2ccccc2F)nnc1SC(C)C(=O)Nc1cccc(Cl)c1Cl. The second-order valence-corrected chi connectivity index (χ2v) is 9.24. The van der Waals surface area contributed by atoms with E-state index in [1.165, 1.54) is 23.9 Å². The Labute approximate surface area is 205 Å². The number of rotatable bonds is 10. The van der Waals surface area contributed by atoms with Gasteiger partial charge in [0.15, 0.2) is 22.5 Å². The molecule has 0 aliphatic heterocycles. The van der Waals surface area contributed by atoms with Crippen molar-refractivity contribution in [3.63, 3.8) is 0 Å². The van der Waals surface area contributed by atoms with Gasteiger partial charge in [-0.2, -0.15) is 0 Å². The van der Waals surface area contributed by atoms with Gasteiger partial charge in [-0.25, -0.2) is 4.39 Å². The van der Waals surface area contributed by atoms with E-state index in [9.17, 15) is 9.18 Å². The Morgan fingerprint density at radius 1 is 1.18 bits per heavy atom. The number of benzene rings is 2. The van der Waals surface area contributed by atoms with Gasteiger partial charge in [0.25, 0.3) is 0 Å². The molecule has 2 atom stereocenters. The monoisotopic (exact) mass is 512 g/mol. The first-order valence-electron chi connectivity index (χ1n) is 10.0. The fraction of sp³-hybridized carbons (Fsp3) is 0.318. The topological polar surface area (TPSA) is 78.3 Å². The van der Waals surface area contributed by atoms with Crippen LogP contribution >= 0.6 is 35.0 Å². The van der Waals surface area contributed by atoms with Gasteiger partial charge < -0.3 is 14.8 Å². The summed E-state index contributed by atoms with van der Waals surface area (Å²) in [6.07, 6.45) is 0. The maximum Gasteiger partial charge on any atom is 0.237 e. The number of carbonyl (C=O) groups excluding carboxylic acids is 1. The third-order valence-corrected chi connectivity index (χ3v) is 6.51. The molecule has 0 aliphatic rings. The standard InChI is InChI=1S/C22H23Cl2FN4O3S/c1-13(11-31-3)29-19(12-32-18-10-5-4-8-16(18)25)27-28-22(29)33-14(2)21(30)26-17-9-6-7-15(23)20(17)24/h4-10,13-14H,11-12H2,1-3H3,(H,26,30). The fourth-order valence-corrected chi connectivity index (χ4v) is 4.31. The molecule has 0 aliphatic carbocycles. The number of methoxy groups -OCH3 is 1. The minimum atomic E-state index is -0.530. The number of aromatic nitrogens is 3. The first kappa shape index (κ1) is 25.3. The number of nitrogens with one attached hydrogen (secondary N) is 1. The number of hydrogen-bond donors (Lipinski definition) is 1. The van der Waals surface area contributed by atoms with Gasteiger partial charge in [-0.3, -0.25) is 9.36 Å². The van der Waals surface area contributed by atoms with Crippen LogP contribution < -0.4 is 10.1 Å². The van der Waals surface area contributed by atoms with E-state index in [0.717, 1.165) is 0 Å². The van der Waals surface area contributed by atoms with Crippen molar-refractivity contribution in [3.05, 3.63) is 64.2 Å². The first-order valence-corrected chi connectivity index (χ1v) is 11.7. The van der Waals surface area contributed by atoms with Crippen LogP contribution in [0.3, 0.4) is 0 Å². The highest BCUT2D eigenvalue weighted by Gasteiger charge is 2.24. The first-order chi connectivity index (χ1) is 15.8. The number of anilines is 1. The van der Waals surface area contributed by atoms with Crippen molar-refractivity contribution in [2.75, 3.05) is 19.0 Å². The molecular weight excluding hydrogens is 490 g/mol. The number of para-hydroxylation sites is 1. The van der Waals surface area contributed by atoms with Crippen molar-refractivity contribution in [3.8, 4) is 5.75 Å². The van der Waals surface area contributed by atoms with Gasteiger partial charge in [-0.15, -0.1) is 10.2 Å². The molecule has 0 saturated heterocycles. The molecule has 1 heterocycles. The van der Waals surface area contributed by atoms with Crippen LogP contribution in [-0.4, -0.2) is 39.6 Å². The zero-order valence-electron chi connectivity index (χ0n) is 18.2. The summed E-state index contributed by atoms with van der Waals surface area (Å²) in [6.45, 7) is 4.06. The largest absolute Gasteiger partial charge is 0.483 e. The summed E-state index contributed by atoms with van der Waals surface area (Å²) in [6, 6.07) is 11.0. The van der Waals surface area contributed by atoms with Crippen LogP contribution in [0.5, 0.6) is 5.75 Å². The highest BCUT2D eigenvalue weighted by molar-refractivity contribution is 8.00. The van der Waals surface area contributed by atoms with E-state index >= 15 is 0 Å². The van der Waals surface area contributed by atoms with Gasteiger partial charge in [-0.1, -0.05) is 53.2 Å². The molecule has 0 saturated carbocycles. The van der Waals surface area contributed by atoms with Gasteiger partial charge in [-0.05, 0) is 38.1 Å². The lowest BCUT2D eigenvalue weighted by Gasteiger charge is -2.19. The molecule has 33 heavy (non-hydrogen) atoms. The highest BCUT2D eigenvalue weighted by atomic mass is 35.5. The van der Waals surface area contributed by atoms with Crippen LogP contribution in [0.1, 0.15) is 25.7 Å². The lowest BCUT2D eigenvalue weighted by Crippen LogP contribution is -2.24. The third-order valence-electron chi connectivity index (χ3n) is 4.64. The summed E-state index contributed by atoms with van der Waals surface area (Å²) in [7, 11) is 1.59. The molecule has 1 amide bonds. The average molecular weight is 513 g/mol. The lowest BCUT2D eigenvalue weighted by molar-refractivity contribution is -0.115. The molecule has 0 radical (unpaired) electrons. The van der Waals surface area contributed by atoms with Crippen molar-refractivity contribution < 1.29 is 18.7 Å². The Morgan fingerprint density at radius 3 is 2.67 bits per heavy atom. The van der Waals surface area contributed by atoms with E-state index in [0.29, 0.717) is 28.3 Å². The van der Waals surface area contributed by atoms with E-state index < -0.39 is 11.1 Å². The second-order valence-electron chi connectivity index (χ2n) is 7.14. The predicted octanol–water partition coefficient (Wildman–Crippen LogP) is 5.63. The molecule has 1 N–H and O–H groups in total. The summed E-state index contributed by atoms with van der Waals surface area (Å²) in [4.78, 5) is 12.8. The van der Waals surface area contributed by atoms with Crippen molar-refractivity contribution in [1.29, 1.82) is 0 Å². The van der Waals surface area contributed by atoms with Gasteiger partial charge in [0.1, 0.15) is 6.61 Å². The second kappa shape index (κ2) is 11.7. The Bertz CT molecular complexity index is 1110. The van der Waals surface area contributed by atoms with Crippen LogP contribution in [0.2, 0.25) is 10.0 Å². The van der Waals surface area contributed by atoms with Crippen LogP contribution in [0.15, 0.2) is 47.6 Å². The molecule has 3 aromatic rings. The number of nitrogens with zero attached hydrogens (tertiary/aromatic N) is 3. The van der Waals surface area contributed by atoms with Crippen molar-refractivity contribution >= 4 is 46.6 Å². The number of carbonyl (C=O) groups is 1. The van der Waals surface area contributed by atoms with Crippen LogP contribution in [-0.2, 0) is 16.1 Å².